The van der Waals surface area contributed by atoms with Crippen LogP contribution in [0.2, 0.25) is 0 Å². The predicted octanol–water partition coefficient (Wildman–Crippen LogP) is 2.16. The standard InChI is InChI=1S/C15H22N2O3/c1-11-13(8-10-20-11)15(19)16-9-7-14(18)17-12-5-3-2-4-6-12/h8,10,12H,2-7,9H2,1H3,(H,16,19)(H,17,18). The molecule has 2 N–H and O–H groups in total. The van der Waals surface area contributed by atoms with E-state index >= 15 is 0 Å². The summed E-state index contributed by atoms with van der Waals surface area (Å²) in [7, 11) is 0. The van der Waals surface area contributed by atoms with Gasteiger partial charge in [-0.2, -0.15) is 0 Å². The maximum absolute atomic E-state index is 11.8. The molecule has 110 valence electrons. The Bertz CT molecular complexity index is 461. The lowest BCUT2D eigenvalue weighted by Crippen LogP contribution is -2.38. The molecule has 1 aliphatic carbocycles. The van der Waals surface area contributed by atoms with Crippen LogP contribution in [0.1, 0.15) is 54.6 Å². The second-order valence-corrected chi connectivity index (χ2v) is 5.30. The van der Waals surface area contributed by atoms with Gasteiger partial charge in [-0.15, -0.1) is 0 Å². The van der Waals surface area contributed by atoms with E-state index in [1.807, 2.05) is 0 Å². The fourth-order valence-corrected chi connectivity index (χ4v) is 2.55. The second kappa shape index (κ2) is 7.12. The Kier molecular flexibility index (Phi) is 5.21. The van der Waals surface area contributed by atoms with Crippen LogP contribution in [0.15, 0.2) is 16.7 Å². The molecule has 0 aromatic carbocycles. The van der Waals surface area contributed by atoms with Crippen LogP contribution in [0.3, 0.4) is 0 Å². The lowest BCUT2D eigenvalue weighted by atomic mass is 9.95. The average molecular weight is 278 g/mol. The van der Waals surface area contributed by atoms with Gasteiger partial charge in [0.05, 0.1) is 11.8 Å². The molecule has 0 saturated heterocycles. The Morgan fingerprint density at radius 3 is 2.70 bits per heavy atom. The van der Waals surface area contributed by atoms with Crippen LogP contribution in [0.5, 0.6) is 0 Å². The molecule has 0 spiro atoms. The number of carbonyl (C=O) groups is 2. The molecular formula is C15H22N2O3. The van der Waals surface area contributed by atoms with Gasteiger partial charge in [0.25, 0.3) is 5.91 Å². The lowest BCUT2D eigenvalue weighted by Gasteiger charge is -2.22. The zero-order valence-electron chi connectivity index (χ0n) is 11.9. The van der Waals surface area contributed by atoms with Gasteiger partial charge < -0.3 is 15.1 Å². The SMILES string of the molecule is Cc1occc1C(=O)NCCC(=O)NC1CCCCC1. The fraction of sp³-hybridized carbons (Fsp3) is 0.600. The zero-order chi connectivity index (χ0) is 14.4. The normalized spacial score (nSPS) is 15.8. The van der Waals surface area contributed by atoms with E-state index in [9.17, 15) is 9.59 Å². The first kappa shape index (κ1) is 14.6. The van der Waals surface area contributed by atoms with Gasteiger partial charge in [0.15, 0.2) is 0 Å². The van der Waals surface area contributed by atoms with Crippen LogP contribution >= 0.6 is 0 Å². The van der Waals surface area contributed by atoms with E-state index in [2.05, 4.69) is 10.6 Å². The van der Waals surface area contributed by atoms with Crippen LogP contribution in [-0.2, 0) is 4.79 Å². The molecule has 5 heteroatoms. The van der Waals surface area contributed by atoms with Crippen molar-refractivity contribution in [3.8, 4) is 0 Å². The van der Waals surface area contributed by atoms with Crippen molar-refractivity contribution in [3.63, 3.8) is 0 Å². The molecule has 1 aromatic heterocycles. The van der Waals surface area contributed by atoms with Gasteiger partial charge in [0.1, 0.15) is 5.76 Å². The largest absolute Gasteiger partial charge is 0.469 e. The fourth-order valence-electron chi connectivity index (χ4n) is 2.55. The van der Waals surface area contributed by atoms with Crippen molar-refractivity contribution in [2.24, 2.45) is 0 Å². The van der Waals surface area contributed by atoms with Gasteiger partial charge in [-0.3, -0.25) is 9.59 Å². The highest BCUT2D eigenvalue weighted by molar-refractivity contribution is 5.95. The monoisotopic (exact) mass is 278 g/mol. The highest BCUT2D eigenvalue weighted by atomic mass is 16.3. The van der Waals surface area contributed by atoms with Crippen molar-refractivity contribution in [2.45, 2.75) is 51.5 Å². The topological polar surface area (TPSA) is 71.3 Å². The number of rotatable bonds is 5. The molecule has 2 rings (SSSR count). The number of amides is 2. The molecule has 2 amide bonds. The summed E-state index contributed by atoms with van der Waals surface area (Å²) in [5.74, 6) is 0.414. The molecular weight excluding hydrogens is 256 g/mol. The predicted molar refractivity (Wildman–Crippen MR) is 75.4 cm³/mol. The molecule has 1 fully saturated rings. The van der Waals surface area contributed by atoms with Crippen molar-refractivity contribution in [2.75, 3.05) is 6.54 Å². The molecule has 20 heavy (non-hydrogen) atoms. The summed E-state index contributed by atoms with van der Waals surface area (Å²) >= 11 is 0. The summed E-state index contributed by atoms with van der Waals surface area (Å²) < 4.78 is 5.07. The molecule has 0 atom stereocenters. The van der Waals surface area contributed by atoms with Crippen LogP contribution in [0.25, 0.3) is 0 Å². The number of nitrogens with one attached hydrogen (secondary N) is 2. The van der Waals surface area contributed by atoms with Crippen LogP contribution < -0.4 is 10.6 Å². The molecule has 1 heterocycles. The average Bonchev–Trinajstić information content (AvgIpc) is 2.86. The minimum Gasteiger partial charge on any atom is -0.469 e. The van der Waals surface area contributed by atoms with Crippen molar-refractivity contribution in [3.05, 3.63) is 23.7 Å². The molecule has 1 saturated carbocycles. The Hall–Kier alpha value is -1.78. The number of carbonyl (C=O) groups excluding carboxylic acids is 2. The number of aryl methyl sites for hydroxylation is 1. The first-order valence-electron chi connectivity index (χ1n) is 7.28. The molecule has 5 nitrogen and oxygen atoms in total. The third kappa shape index (κ3) is 4.11. The maximum Gasteiger partial charge on any atom is 0.254 e. The summed E-state index contributed by atoms with van der Waals surface area (Å²) in [6, 6.07) is 1.95. The van der Waals surface area contributed by atoms with E-state index in [0.29, 0.717) is 30.3 Å². The Labute approximate surface area is 119 Å². The minimum absolute atomic E-state index is 0.0149. The van der Waals surface area contributed by atoms with Crippen molar-refractivity contribution >= 4 is 11.8 Å². The van der Waals surface area contributed by atoms with Gasteiger partial charge in [-0.05, 0) is 25.8 Å². The van der Waals surface area contributed by atoms with Crippen LogP contribution in [-0.4, -0.2) is 24.4 Å². The molecule has 1 aromatic rings. The summed E-state index contributed by atoms with van der Waals surface area (Å²) in [6.07, 6.45) is 7.62. The van der Waals surface area contributed by atoms with E-state index in [4.69, 9.17) is 4.42 Å². The number of hydrogen-bond donors (Lipinski definition) is 2. The van der Waals surface area contributed by atoms with E-state index in [-0.39, 0.29) is 11.8 Å². The highest BCUT2D eigenvalue weighted by Crippen LogP contribution is 2.17. The third-order valence-corrected chi connectivity index (χ3v) is 3.71. The van der Waals surface area contributed by atoms with Crippen LogP contribution in [0.4, 0.5) is 0 Å². The number of hydrogen-bond acceptors (Lipinski definition) is 3. The smallest absolute Gasteiger partial charge is 0.254 e. The van der Waals surface area contributed by atoms with Gasteiger partial charge in [0, 0.05) is 19.0 Å². The number of furan rings is 1. The first-order chi connectivity index (χ1) is 9.66. The van der Waals surface area contributed by atoms with E-state index in [0.717, 1.165) is 12.8 Å². The summed E-state index contributed by atoms with van der Waals surface area (Å²) in [5, 5.41) is 5.76. The van der Waals surface area contributed by atoms with Gasteiger partial charge in [-0.25, -0.2) is 0 Å². The second-order valence-electron chi connectivity index (χ2n) is 5.30. The van der Waals surface area contributed by atoms with E-state index < -0.39 is 0 Å². The van der Waals surface area contributed by atoms with Crippen molar-refractivity contribution in [1.82, 2.24) is 10.6 Å². The minimum atomic E-state index is -0.193. The summed E-state index contributed by atoms with van der Waals surface area (Å²) in [5.41, 5.74) is 0.526. The molecule has 1 aliphatic rings. The summed E-state index contributed by atoms with van der Waals surface area (Å²) in [4.78, 5) is 23.6. The molecule has 0 unspecified atom stereocenters. The highest BCUT2D eigenvalue weighted by Gasteiger charge is 2.16. The van der Waals surface area contributed by atoms with Gasteiger partial charge in [-0.1, -0.05) is 19.3 Å². The zero-order valence-corrected chi connectivity index (χ0v) is 11.9. The molecule has 0 radical (unpaired) electrons. The van der Waals surface area contributed by atoms with Crippen molar-refractivity contribution in [1.29, 1.82) is 0 Å². The van der Waals surface area contributed by atoms with E-state index in [1.54, 1.807) is 13.0 Å². The summed E-state index contributed by atoms with van der Waals surface area (Å²) in [6.45, 7) is 2.09. The lowest BCUT2D eigenvalue weighted by molar-refractivity contribution is -0.121. The van der Waals surface area contributed by atoms with E-state index in [1.165, 1.54) is 25.5 Å². The molecule has 0 bridgehead atoms. The maximum atomic E-state index is 11.8. The quantitative estimate of drug-likeness (QED) is 0.867. The third-order valence-electron chi connectivity index (χ3n) is 3.71. The van der Waals surface area contributed by atoms with Gasteiger partial charge >= 0.3 is 0 Å². The molecule has 0 aliphatic heterocycles. The van der Waals surface area contributed by atoms with Gasteiger partial charge in [0.2, 0.25) is 5.91 Å². The Morgan fingerprint density at radius 1 is 1.30 bits per heavy atom. The van der Waals surface area contributed by atoms with Crippen molar-refractivity contribution < 1.29 is 14.0 Å². The first-order valence-corrected chi connectivity index (χ1v) is 7.28. The van der Waals surface area contributed by atoms with Crippen LogP contribution in [0, 0.1) is 6.92 Å². The Morgan fingerprint density at radius 2 is 2.05 bits per heavy atom. The Balaban J connectivity index is 1.66.